The average molecular weight is 334 g/mol. The smallest absolute Gasteiger partial charge is 0.245 e. The van der Waals surface area contributed by atoms with Gasteiger partial charge in [0.05, 0.1) is 6.54 Å². The number of amides is 2. The minimum absolute atomic E-state index is 0.00108. The first-order valence-electron chi connectivity index (χ1n) is 8.01. The van der Waals surface area contributed by atoms with E-state index >= 15 is 0 Å². The molecule has 0 spiro atoms. The van der Waals surface area contributed by atoms with Gasteiger partial charge in [-0.15, -0.1) is 0 Å². The third kappa shape index (κ3) is 4.41. The number of benzene rings is 1. The van der Waals surface area contributed by atoms with Gasteiger partial charge in [-0.2, -0.15) is 0 Å². The first-order chi connectivity index (χ1) is 11.3. The SMILES string of the molecule is C=CC(=O)N1CCC(C(=O)NCC(C)(O)c2cccc(F)c2)CC1. The number of carbonyl (C=O) groups excluding carboxylic acids is 2. The Bertz CT molecular complexity index is 622. The molecule has 0 radical (unpaired) electrons. The van der Waals surface area contributed by atoms with E-state index in [0.717, 1.165) is 0 Å². The number of piperidine rings is 1. The maximum atomic E-state index is 13.3. The minimum atomic E-state index is -1.35. The van der Waals surface area contributed by atoms with Gasteiger partial charge >= 0.3 is 0 Å². The molecule has 0 saturated carbocycles. The van der Waals surface area contributed by atoms with E-state index in [1.165, 1.54) is 31.2 Å². The second-order valence-corrected chi connectivity index (χ2v) is 6.31. The number of aliphatic hydroxyl groups is 1. The fourth-order valence-corrected chi connectivity index (χ4v) is 2.82. The maximum absolute atomic E-state index is 13.3. The number of nitrogens with one attached hydrogen (secondary N) is 1. The zero-order chi connectivity index (χ0) is 17.7. The second kappa shape index (κ2) is 7.57. The first-order valence-corrected chi connectivity index (χ1v) is 8.01. The van der Waals surface area contributed by atoms with E-state index in [-0.39, 0.29) is 24.3 Å². The normalized spacial score (nSPS) is 17.9. The Kier molecular flexibility index (Phi) is 5.72. The molecule has 0 bridgehead atoms. The summed E-state index contributed by atoms with van der Waals surface area (Å²) < 4.78 is 13.3. The monoisotopic (exact) mass is 334 g/mol. The van der Waals surface area contributed by atoms with E-state index < -0.39 is 11.4 Å². The van der Waals surface area contributed by atoms with E-state index in [2.05, 4.69) is 11.9 Å². The van der Waals surface area contributed by atoms with Crippen LogP contribution in [0.15, 0.2) is 36.9 Å². The Morgan fingerprint density at radius 3 is 2.71 bits per heavy atom. The van der Waals surface area contributed by atoms with Crippen LogP contribution in [0.4, 0.5) is 4.39 Å². The van der Waals surface area contributed by atoms with Gasteiger partial charge in [-0.3, -0.25) is 9.59 Å². The number of likely N-dealkylation sites (tertiary alicyclic amines) is 1. The molecule has 0 aliphatic carbocycles. The van der Waals surface area contributed by atoms with Crippen LogP contribution in [0.5, 0.6) is 0 Å². The van der Waals surface area contributed by atoms with Crippen molar-refractivity contribution in [1.29, 1.82) is 0 Å². The summed E-state index contributed by atoms with van der Waals surface area (Å²) in [4.78, 5) is 25.5. The van der Waals surface area contributed by atoms with Gasteiger partial charge in [0, 0.05) is 19.0 Å². The van der Waals surface area contributed by atoms with Gasteiger partial charge in [-0.1, -0.05) is 18.7 Å². The summed E-state index contributed by atoms with van der Waals surface area (Å²) in [7, 11) is 0. The number of halogens is 1. The molecule has 1 aromatic rings. The highest BCUT2D eigenvalue weighted by Crippen LogP contribution is 2.22. The van der Waals surface area contributed by atoms with Gasteiger partial charge < -0.3 is 15.3 Å². The zero-order valence-electron chi connectivity index (χ0n) is 13.8. The largest absolute Gasteiger partial charge is 0.384 e. The molecule has 24 heavy (non-hydrogen) atoms. The van der Waals surface area contributed by atoms with Crippen LogP contribution in [-0.4, -0.2) is 41.5 Å². The van der Waals surface area contributed by atoms with Crippen LogP contribution in [0.25, 0.3) is 0 Å². The Hall–Kier alpha value is -2.21. The second-order valence-electron chi connectivity index (χ2n) is 6.31. The van der Waals surface area contributed by atoms with E-state index in [1.807, 2.05) is 0 Å². The van der Waals surface area contributed by atoms with Crippen molar-refractivity contribution >= 4 is 11.8 Å². The average Bonchev–Trinajstić information content (AvgIpc) is 2.59. The highest BCUT2D eigenvalue weighted by Gasteiger charge is 2.29. The summed E-state index contributed by atoms with van der Waals surface area (Å²) >= 11 is 0. The minimum Gasteiger partial charge on any atom is -0.384 e. The van der Waals surface area contributed by atoms with Crippen LogP contribution in [0.3, 0.4) is 0 Å². The molecule has 2 amide bonds. The highest BCUT2D eigenvalue weighted by atomic mass is 19.1. The van der Waals surface area contributed by atoms with Gasteiger partial charge in [0.2, 0.25) is 11.8 Å². The lowest BCUT2D eigenvalue weighted by Crippen LogP contribution is -2.45. The lowest BCUT2D eigenvalue weighted by molar-refractivity contribution is -0.132. The molecule has 2 rings (SSSR count). The molecule has 5 nitrogen and oxygen atoms in total. The molecule has 1 heterocycles. The van der Waals surface area contributed by atoms with Gasteiger partial charge in [0.25, 0.3) is 0 Å². The maximum Gasteiger partial charge on any atom is 0.245 e. The number of carbonyl (C=O) groups is 2. The molecule has 1 aliphatic heterocycles. The molecule has 1 aliphatic rings. The van der Waals surface area contributed by atoms with Crippen LogP contribution in [0, 0.1) is 11.7 Å². The molecule has 1 atom stereocenters. The van der Waals surface area contributed by atoms with Crippen molar-refractivity contribution < 1.29 is 19.1 Å². The topological polar surface area (TPSA) is 69.6 Å². The van der Waals surface area contributed by atoms with Crippen molar-refractivity contribution in [2.24, 2.45) is 5.92 Å². The van der Waals surface area contributed by atoms with Crippen LogP contribution in [0.2, 0.25) is 0 Å². The molecule has 1 aromatic carbocycles. The van der Waals surface area contributed by atoms with E-state index in [4.69, 9.17) is 0 Å². The van der Waals surface area contributed by atoms with Gasteiger partial charge in [0.15, 0.2) is 0 Å². The Labute approximate surface area is 141 Å². The Morgan fingerprint density at radius 1 is 1.46 bits per heavy atom. The molecule has 130 valence electrons. The molecule has 2 N–H and O–H groups in total. The van der Waals surface area contributed by atoms with Gasteiger partial charge in [0.1, 0.15) is 11.4 Å². The predicted molar refractivity (Wildman–Crippen MR) is 88.5 cm³/mol. The molecule has 0 aromatic heterocycles. The lowest BCUT2D eigenvalue weighted by Gasteiger charge is -2.31. The fraction of sp³-hybridized carbons (Fsp3) is 0.444. The zero-order valence-corrected chi connectivity index (χ0v) is 13.8. The standard InChI is InChI=1S/C18H23FN2O3/c1-3-16(22)21-9-7-13(8-10-21)17(23)20-12-18(2,24)14-5-4-6-15(19)11-14/h3-6,11,13,24H,1,7-10,12H2,2H3,(H,20,23). The molecule has 1 fully saturated rings. The van der Waals surface area contributed by atoms with Crippen molar-refractivity contribution in [3.63, 3.8) is 0 Å². The van der Waals surface area contributed by atoms with E-state index in [0.29, 0.717) is 31.5 Å². The summed E-state index contributed by atoms with van der Waals surface area (Å²) in [6, 6.07) is 5.70. The molecule has 1 saturated heterocycles. The summed E-state index contributed by atoms with van der Waals surface area (Å²) in [6.45, 7) is 6.03. The quantitative estimate of drug-likeness (QED) is 0.803. The van der Waals surface area contributed by atoms with Gasteiger partial charge in [-0.05, 0) is 43.5 Å². The number of hydrogen-bond acceptors (Lipinski definition) is 3. The lowest BCUT2D eigenvalue weighted by atomic mass is 9.93. The van der Waals surface area contributed by atoms with Crippen LogP contribution < -0.4 is 5.32 Å². The molecule has 1 unspecified atom stereocenters. The number of hydrogen-bond donors (Lipinski definition) is 2. The summed E-state index contributed by atoms with van der Waals surface area (Å²) in [5, 5.41) is 13.2. The fourth-order valence-electron chi connectivity index (χ4n) is 2.82. The van der Waals surface area contributed by atoms with Crippen molar-refractivity contribution in [2.75, 3.05) is 19.6 Å². The van der Waals surface area contributed by atoms with Crippen molar-refractivity contribution in [1.82, 2.24) is 10.2 Å². The van der Waals surface area contributed by atoms with Crippen LogP contribution in [-0.2, 0) is 15.2 Å². The third-order valence-electron chi connectivity index (χ3n) is 4.41. The summed E-state index contributed by atoms with van der Waals surface area (Å²) in [6.07, 6.45) is 2.43. The molecule has 6 heteroatoms. The van der Waals surface area contributed by atoms with Crippen molar-refractivity contribution in [3.05, 3.63) is 48.3 Å². The highest BCUT2D eigenvalue weighted by molar-refractivity contribution is 5.87. The number of nitrogens with zero attached hydrogens (tertiary/aromatic N) is 1. The summed E-state index contributed by atoms with van der Waals surface area (Å²) in [5.41, 5.74) is -0.939. The van der Waals surface area contributed by atoms with E-state index in [9.17, 15) is 19.1 Å². The van der Waals surface area contributed by atoms with E-state index in [1.54, 1.807) is 11.0 Å². The van der Waals surface area contributed by atoms with Crippen molar-refractivity contribution in [2.45, 2.75) is 25.4 Å². The first kappa shape index (κ1) is 18.1. The third-order valence-corrected chi connectivity index (χ3v) is 4.41. The Balaban J connectivity index is 1.87. The Morgan fingerprint density at radius 2 is 2.12 bits per heavy atom. The van der Waals surface area contributed by atoms with Crippen LogP contribution in [0.1, 0.15) is 25.3 Å². The molecular weight excluding hydrogens is 311 g/mol. The number of rotatable bonds is 5. The van der Waals surface area contributed by atoms with Crippen LogP contribution >= 0.6 is 0 Å². The molecular formula is C18H23FN2O3. The summed E-state index contributed by atoms with van der Waals surface area (Å²) in [5.74, 6) is -0.902. The van der Waals surface area contributed by atoms with Gasteiger partial charge in [-0.25, -0.2) is 4.39 Å². The van der Waals surface area contributed by atoms with Crippen molar-refractivity contribution in [3.8, 4) is 0 Å². The predicted octanol–water partition coefficient (Wildman–Crippen LogP) is 1.57.